The molecule has 1 atom stereocenters. The molecule has 0 amide bonds. The van der Waals surface area contributed by atoms with E-state index < -0.39 is 17.9 Å². The quantitative estimate of drug-likeness (QED) is 0.872. The minimum atomic E-state index is -2.47. The first-order valence-corrected chi connectivity index (χ1v) is 6.02. The molecule has 0 radical (unpaired) electrons. The monoisotopic (exact) mass is 270 g/mol. The second-order valence-electron chi connectivity index (χ2n) is 4.96. The summed E-state index contributed by atoms with van der Waals surface area (Å²) in [5.74, 6) is -0.997. The molecule has 0 aromatic heterocycles. The van der Waals surface area contributed by atoms with Crippen molar-refractivity contribution in [1.82, 2.24) is 4.90 Å². The van der Waals surface area contributed by atoms with E-state index in [0.717, 1.165) is 5.56 Å². The molecule has 1 unspecified atom stereocenters. The number of carbonyl (C=O) groups is 1. The van der Waals surface area contributed by atoms with E-state index in [1.54, 1.807) is 12.1 Å². The van der Waals surface area contributed by atoms with Crippen LogP contribution in [0.15, 0.2) is 24.3 Å². The fraction of sp³-hybridized carbons (Fsp3) is 0.462. The summed E-state index contributed by atoms with van der Waals surface area (Å²) >= 11 is 0. The van der Waals surface area contributed by atoms with Gasteiger partial charge in [-0.3, -0.25) is 9.69 Å². The number of halogens is 2. The predicted octanol–water partition coefficient (Wildman–Crippen LogP) is 1.61. The van der Waals surface area contributed by atoms with E-state index in [-0.39, 0.29) is 12.1 Å². The van der Waals surface area contributed by atoms with E-state index in [9.17, 15) is 13.6 Å². The van der Waals surface area contributed by atoms with Crippen LogP contribution in [0.4, 0.5) is 8.78 Å². The Balaban J connectivity index is 1.97. The van der Waals surface area contributed by atoms with E-state index >= 15 is 0 Å². The standard InChI is InChI=1S/C13H16F2N2O2/c14-11(15)10-3-1-9(2-4-10)7-17-6-5-13(16,8-17)12(18)19/h1-4,11H,5-8,16H2,(H,18,19). The third-order valence-electron chi connectivity index (χ3n) is 3.44. The maximum absolute atomic E-state index is 12.4. The van der Waals surface area contributed by atoms with Crippen LogP contribution in [-0.4, -0.2) is 34.6 Å². The molecular formula is C13H16F2N2O2. The number of carboxylic acid groups (broad SMARTS) is 1. The molecule has 1 saturated heterocycles. The first-order valence-electron chi connectivity index (χ1n) is 6.02. The number of likely N-dealkylation sites (tertiary alicyclic amines) is 1. The lowest BCUT2D eigenvalue weighted by molar-refractivity contribution is -0.142. The summed E-state index contributed by atoms with van der Waals surface area (Å²) in [4.78, 5) is 12.9. The molecule has 2 rings (SSSR count). The molecule has 1 aromatic rings. The molecule has 0 aliphatic carbocycles. The van der Waals surface area contributed by atoms with Crippen molar-refractivity contribution in [1.29, 1.82) is 0 Å². The van der Waals surface area contributed by atoms with Crippen LogP contribution in [0.1, 0.15) is 24.0 Å². The topological polar surface area (TPSA) is 66.6 Å². The van der Waals surface area contributed by atoms with E-state index in [1.807, 2.05) is 4.90 Å². The van der Waals surface area contributed by atoms with Gasteiger partial charge < -0.3 is 10.8 Å². The largest absolute Gasteiger partial charge is 0.480 e. The molecule has 0 spiro atoms. The smallest absolute Gasteiger partial charge is 0.325 e. The van der Waals surface area contributed by atoms with E-state index in [0.29, 0.717) is 19.5 Å². The predicted molar refractivity (Wildman–Crippen MR) is 65.8 cm³/mol. The van der Waals surface area contributed by atoms with E-state index in [1.165, 1.54) is 12.1 Å². The molecule has 0 saturated carbocycles. The van der Waals surface area contributed by atoms with Gasteiger partial charge >= 0.3 is 5.97 Å². The molecule has 1 aliphatic heterocycles. The average Bonchev–Trinajstić information content (AvgIpc) is 2.73. The lowest BCUT2D eigenvalue weighted by Gasteiger charge is -2.20. The molecule has 19 heavy (non-hydrogen) atoms. The zero-order chi connectivity index (χ0) is 14.0. The highest BCUT2D eigenvalue weighted by Crippen LogP contribution is 2.23. The van der Waals surface area contributed by atoms with Gasteiger partial charge in [-0.25, -0.2) is 8.78 Å². The molecule has 1 aliphatic rings. The van der Waals surface area contributed by atoms with Gasteiger partial charge in [-0.1, -0.05) is 24.3 Å². The molecule has 1 heterocycles. The van der Waals surface area contributed by atoms with E-state index in [4.69, 9.17) is 10.8 Å². The van der Waals surface area contributed by atoms with Gasteiger partial charge in [0.15, 0.2) is 0 Å². The summed E-state index contributed by atoms with van der Waals surface area (Å²) in [7, 11) is 0. The number of rotatable bonds is 4. The number of carboxylic acids is 1. The van der Waals surface area contributed by atoms with Crippen molar-refractivity contribution in [3.05, 3.63) is 35.4 Å². The van der Waals surface area contributed by atoms with E-state index in [2.05, 4.69) is 0 Å². The van der Waals surface area contributed by atoms with Crippen LogP contribution < -0.4 is 5.73 Å². The average molecular weight is 270 g/mol. The highest BCUT2D eigenvalue weighted by molar-refractivity contribution is 5.79. The Kier molecular flexibility index (Phi) is 3.82. The molecular weight excluding hydrogens is 254 g/mol. The molecule has 1 fully saturated rings. The third kappa shape index (κ3) is 3.08. The van der Waals surface area contributed by atoms with Crippen LogP contribution in [0.3, 0.4) is 0 Å². The normalized spacial score (nSPS) is 24.0. The van der Waals surface area contributed by atoms with Crippen molar-refractivity contribution in [2.75, 3.05) is 13.1 Å². The minimum absolute atomic E-state index is 0.0103. The molecule has 4 nitrogen and oxygen atoms in total. The fourth-order valence-corrected chi connectivity index (χ4v) is 2.25. The van der Waals surface area contributed by atoms with Crippen molar-refractivity contribution >= 4 is 5.97 Å². The maximum Gasteiger partial charge on any atom is 0.325 e. The van der Waals surface area contributed by atoms with Gasteiger partial charge in [-0.15, -0.1) is 0 Å². The zero-order valence-electron chi connectivity index (χ0n) is 10.4. The van der Waals surface area contributed by atoms with Gasteiger partial charge in [0.25, 0.3) is 6.43 Å². The number of aliphatic carboxylic acids is 1. The fourth-order valence-electron chi connectivity index (χ4n) is 2.25. The SMILES string of the molecule is NC1(C(=O)O)CCN(Cc2ccc(C(F)F)cc2)C1. The Labute approximate surface area is 109 Å². The first-order chi connectivity index (χ1) is 8.90. The second-order valence-corrected chi connectivity index (χ2v) is 4.96. The van der Waals surface area contributed by atoms with Crippen LogP contribution >= 0.6 is 0 Å². The highest BCUT2D eigenvalue weighted by atomic mass is 19.3. The Hall–Kier alpha value is -1.53. The second kappa shape index (κ2) is 5.22. The summed E-state index contributed by atoms with van der Waals surface area (Å²) in [5.41, 5.74) is 5.44. The Bertz CT molecular complexity index is 464. The van der Waals surface area contributed by atoms with Crippen LogP contribution in [0, 0.1) is 0 Å². The first kappa shape index (κ1) is 13.9. The van der Waals surface area contributed by atoms with Gasteiger partial charge in [-0.05, 0) is 12.0 Å². The number of hydrogen-bond acceptors (Lipinski definition) is 3. The summed E-state index contributed by atoms with van der Waals surface area (Å²) in [6.45, 7) is 1.40. The van der Waals surface area contributed by atoms with Crippen molar-refractivity contribution in [3.8, 4) is 0 Å². The maximum atomic E-state index is 12.4. The van der Waals surface area contributed by atoms with Crippen LogP contribution in [0.5, 0.6) is 0 Å². The zero-order valence-corrected chi connectivity index (χ0v) is 10.4. The Morgan fingerprint density at radius 3 is 2.53 bits per heavy atom. The Morgan fingerprint density at radius 1 is 1.42 bits per heavy atom. The number of nitrogens with zero attached hydrogens (tertiary/aromatic N) is 1. The number of benzene rings is 1. The van der Waals surface area contributed by atoms with Crippen LogP contribution in [0.25, 0.3) is 0 Å². The van der Waals surface area contributed by atoms with Gasteiger partial charge in [0.2, 0.25) is 0 Å². The lowest BCUT2D eigenvalue weighted by Crippen LogP contribution is -2.50. The van der Waals surface area contributed by atoms with Crippen LogP contribution in [0.2, 0.25) is 0 Å². The highest BCUT2D eigenvalue weighted by Gasteiger charge is 2.40. The van der Waals surface area contributed by atoms with Crippen molar-refractivity contribution in [2.24, 2.45) is 5.73 Å². The van der Waals surface area contributed by atoms with Gasteiger partial charge in [0.05, 0.1) is 0 Å². The lowest BCUT2D eigenvalue weighted by atomic mass is 10.0. The van der Waals surface area contributed by atoms with Gasteiger partial charge in [0.1, 0.15) is 5.54 Å². The summed E-state index contributed by atoms with van der Waals surface area (Å²) < 4.78 is 24.8. The molecule has 3 N–H and O–H groups in total. The van der Waals surface area contributed by atoms with Crippen LogP contribution in [-0.2, 0) is 11.3 Å². The van der Waals surface area contributed by atoms with Gasteiger partial charge in [0, 0.05) is 25.2 Å². The molecule has 104 valence electrons. The summed E-state index contributed by atoms with van der Waals surface area (Å²) in [5, 5.41) is 9.02. The molecule has 0 bridgehead atoms. The Morgan fingerprint density at radius 2 is 2.05 bits per heavy atom. The summed E-state index contributed by atoms with van der Waals surface area (Å²) in [6, 6.07) is 6.06. The van der Waals surface area contributed by atoms with Crippen molar-refractivity contribution in [3.63, 3.8) is 0 Å². The summed E-state index contributed by atoms with van der Waals surface area (Å²) in [6.07, 6.45) is -2.07. The van der Waals surface area contributed by atoms with Crippen molar-refractivity contribution < 1.29 is 18.7 Å². The molecule has 1 aromatic carbocycles. The molecule has 6 heteroatoms. The third-order valence-corrected chi connectivity index (χ3v) is 3.44. The van der Waals surface area contributed by atoms with Gasteiger partial charge in [-0.2, -0.15) is 0 Å². The number of nitrogens with two attached hydrogens (primary N) is 1. The van der Waals surface area contributed by atoms with Crippen molar-refractivity contribution in [2.45, 2.75) is 24.9 Å². The minimum Gasteiger partial charge on any atom is -0.480 e. The number of hydrogen-bond donors (Lipinski definition) is 2. The number of alkyl halides is 2.